The summed E-state index contributed by atoms with van der Waals surface area (Å²) in [5, 5.41) is 0. The first-order chi connectivity index (χ1) is 11.0. The van der Waals surface area contributed by atoms with E-state index in [-0.39, 0.29) is 6.90 Å². The van der Waals surface area contributed by atoms with Crippen LogP contribution >= 0.6 is 8.53 Å². The van der Waals surface area contributed by atoms with Gasteiger partial charge in [0, 0.05) is 26.6 Å². The molecule has 0 rings (SSSR count). The van der Waals surface area contributed by atoms with Gasteiger partial charge in [-0.3, -0.25) is 4.99 Å². The zero-order valence-electron chi connectivity index (χ0n) is 15.7. The molecule has 0 aliphatic carbocycles. The molecule has 6 nitrogen and oxygen atoms in total. The van der Waals surface area contributed by atoms with Gasteiger partial charge in [0.05, 0.1) is 26.4 Å². The zero-order valence-corrected chi connectivity index (χ0v) is 15.6. The van der Waals surface area contributed by atoms with Crippen molar-refractivity contribution in [3.05, 3.63) is 0 Å². The molecule has 22 heavy (non-hydrogen) atoms. The minimum Gasteiger partial charge on any atom is -0.425 e. The molecule has 0 radical (unpaired) electrons. The van der Waals surface area contributed by atoms with Crippen molar-refractivity contribution in [1.82, 2.24) is 4.67 Å². The fourth-order valence-electron chi connectivity index (χ4n) is 1.77. The number of hydrogen-bond acceptors (Lipinski definition) is 6. The summed E-state index contributed by atoms with van der Waals surface area (Å²) in [6.07, 6.45) is 1.49. The van der Waals surface area contributed by atoms with E-state index in [9.17, 15) is 0 Å². The van der Waals surface area contributed by atoms with E-state index >= 15 is 0 Å². The van der Waals surface area contributed by atoms with Crippen LogP contribution in [-0.2, 0) is 18.5 Å². The molecule has 7 heteroatoms. The summed E-state index contributed by atoms with van der Waals surface area (Å²) in [5.41, 5.74) is 0. The van der Waals surface area contributed by atoms with Crippen molar-refractivity contribution in [2.45, 2.75) is 53.6 Å². The van der Waals surface area contributed by atoms with Crippen LogP contribution in [0.4, 0.5) is 0 Å². The Balaban J connectivity index is 4.18. The molecule has 0 aromatic heterocycles. The van der Waals surface area contributed by atoms with Crippen molar-refractivity contribution >= 4 is 14.9 Å². The predicted octanol–water partition coefficient (Wildman–Crippen LogP) is 3.47. The van der Waals surface area contributed by atoms with Crippen LogP contribution in [0.3, 0.4) is 0 Å². The van der Waals surface area contributed by atoms with Gasteiger partial charge in [0.25, 0.3) is 0 Å². The largest absolute Gasteiger partial charge is 0.425 e. The average molecular weight is 337 g/mol. The Kier molecular flexibility index (Phi) is 12.9. The lowest BCUT2D eigenvalue weighted by Crippen LogP contribution is -2.33. The Labute approximate surface area is 138 Å². The summed E-state index contributed by atoms with van der Waals surface area (Å²) in [6.45, 7) is 13.8. The zero-order chi connectivity index (χ0) is 17.5. The third-order valence-electron chi connectivity index (χ3n) is 2.59. The summed E-state index contributed by atoms with van der Waals surface area (Å²) >= 11 is 0. The van der Waals surface area contributed by atoms with Crippen LogP contribution in [-0.4, -0.2) is 62.7 Å². The first kappa shape index (κ1) is 19.8. The molecule has 0 amide bonds. The fourth-order valence-corrected chi connectivity index (χ4v) is 3.20. The van der Waals surface area contributed by atoms with Gasteiger partial charge in [-0.25, -0.2) is 4.67 Å². The number of hydrogen-bond donors (Lipinski definition) is 0. The monoisotopic (exact) mass is 337 g/mol. The quantitative estimate of drug-likeness (QED) is 0.210. The lowest BCUT2D eigenvalue weighted by Gasteiger charge is -2.34. The highest BCUT2D eigenvalue weighted by Gasteiger charge is 2.27. The van der Waals surface area contributed by atoms with Crippen molar-refractivity contribution in [1.29, 1.82) is 0 Å². The summed E-state index contributed by atoms with van der Waals surface area (Å²) < 4.78 is 31.4. The third kappa shape index (κ3) is 10.5. The molecular formula is C15H33N2O4P. The molecule has 0 aliphatic rings. The highest BCUT2D eigenvalue weighted by Crippen LogP contribution is 2.45. The predicted molar refractivity (Wildman–Crippen MR) is 92.4 cm³/mol. The Morgan fingerprint density at radius 2 is 1.73 bits per heavy atom. The molecule has 1 atom stereocenters. The van der Waals surface area contributed by atoms with Gasteiger partial charge in [-0.05, 0) is 41.5 Å². The van der Waals surface area contributed by atoms with Crippen LogP contribution in [0, 0.1) is 0 Å². The van der Waals surface area contributed by atoms with Crippen molar-refractivity contribution in [3.63, 3.8) is 0 Å². The molecule has 0 aliphatic heterocycles. The van der Waals surface area contributed by atoms with Crippen molar-refractivity contribution in [2.75, 3.05) is 39.6 Å². The first-order valence-electron chi connectivity index (χ1n) is 8.56. The van der Waals surface area contributed by atoms with Crippen LogP contribution in [0.15, 0.2) is 4.99 Å². The molecule has 132 valence electrons. The van der Waals surface area contributed by atoms with Crippen LogP contribution < -0.4 is 0 Å². The van der Waals surface area contributed by atoms with Crippen LogP contribution in [0.5, 0.6) is 0 Å². The second-order valence-electron chi connectivity index (χ2n) is 5.07. The number of nitrogens with zero attached hydrogens (tertiary/aromatic N) is 2. The highest BCUT2D eigenvalue weighted by molar-refractivity contribution is 7.45. The van der Waals surface area contributed by atoms with E-state index in [1.54, 1.807) is 0 Å². The molecule has 0 heterocycles. The normalized spacial score (nSPS) is 14.3. The lowest BCUT2D eigenvalue weighted by molar-refractivity contribution is 0.0388. The van der Waals surface area contributed by atoms with E-state index in [1.165, 1.54) is 6.40 Å². The summed E-state index contributed by atoms with van der Waals surface area (Å²) in [4.78, 5) is 4.10. The Hall–Kier alpha value is -0.260. The summed E-state index contributed by atoms with van der Waals surface area (Å²) in [7, 11) is -1.20. The fraction of sp³-hybridized carbons (Fsp3) is 0.933. The topological polar surface area (TPSA) is 52.5 Å². The van der Waals surface area contributed by atoms with Crippen LogP contribution in [0.1, 0.15) is 42.9 Å². The van der Waals surface area contributed by atoms with E-state index in [1.807, 2.05) is 6.92 Å². The Morgan fingerprint density at radius 3 is 2.32 bits per heavy atom. The Morgan fingerprint density at radius 1 is 1.09 bits per heavy atom. The van der Waals surface area contributed by atoms with E-state index in [0.29, 0.717) is 51.7 Å². The van der Waals surface area contributed by atoms with E-state index in [2.05, 4.69) is 37.4 Å². The van der Waals surface area contributed by atoms with E-state index in [4.69, 9.17) is 19.9 Å². The van der Waals surface area contributed by atoms with Crippen LogP contribution in [0.25, 0.3) is 0 Å². The van der Waals surface area contributed by atoms with Gasteiger partial charge < -0.3 is 18.5 Å². The average Bonchev–Trinajstić information content (AvgIpc) is 2.49. The minimum absolute atomic E-state index is 0.282. The van der Waals surface area contributed by atoms with Gasteiger partial charge in [-0.1, -0.05) is 0 Å². The SMILES string of the molecule is [2H]CCOCCOCCOP(OC=NCC)N(C(C)C)C(C)C. The first-order valence-corrected chi connectivity index (χ1v) is 8.98. The maximum absolute atomic E-state index is 6.96. The van der Waals surface area contributed by atoms with Gasteiger partial charge in [-0.2, -0.15) is 0 Å². The molecule has 0 saturated carbocycles. The third-order valence-corrected chi connectivity index (χ3v) is 4.57. The Bertz CT molecular complexity index is 289. The van der Waals surface area contributed by atoms with E-state index in [0.717, 1.165) is 0 Å². The number of rotatable bonds is 14. The summed E-state index contributed by atoms with van der Waals surface area (Å²) in [6, 6.07) is 0.630. The molecule has 0 aromatic rings. The molecule has 0 fully saturated rings. The van der Waals surface area contributed by atoms with Gasteiger partial charge in [-0.15, -0.1) is 0 Å². The second-order valence-corrected chi connectivity index (χ2v) is 6.48. The molecule has 0 bridgehead atoms. The van der Waals surface area contributed by atoms with Crippen molar-refractivity contribution in [3.8, 4) is 0 Å². The maximum atomic E-state index is 6.96. The molecular weight excluding hydrogens is 303 g/mol. The highest BCUT2D eigenvalue weighted by atomic mass is 31.2. The van der Waals surface area contributed by atoms with Crippen molar-refractivity contribution < 1.29 is 19.9 Å². The van der Waals surface area contributed by atoms with Gasteiger partial charge in [0.15, 0.2) is 6.40 Å². The standard InChI is InChI=1S/C15H33N2O4P/c1-7-16-13-21-22(17(14(3)4)15(5)6)20-12-11-19-10-9-18-8-2/h13-15H,7-12H2,1-6H3/i2D. The van der Waals surface area contributed by atoms with Gasteiger partial charge >= 0.3 is 8.53 Å². The maximum Gasteiger partial charge on any atom is 0.322 e. The lowest BCUT2D eigenvalue weighted by atomic mass is 10.3. The van der Waals surface area contributed by atoms with E-state index < -0.39 is 8.53 Å². The molecule has 1 unspecified atom stereocenters. The summed E-state index contributed by atoms with van der Waals surface area (Å²) in [5.74, 6) is 0. The molecule has 0 saturated heterocycles. The molecule has 0 spiro atoms. The smallest absolute Gasteiger partial charge is 0.322 e. The van der Waals surface area contributed by atoms with Gasteiger partial charge in [0.1, 0.15) is 0 Å². The number of ether oxygens (including phenoxy) is 2. The number of aliphatic imine (C=N–C) groups is 1. The molecule has 0 N–H and O–H groups in total. The second kappa shape index (κ2) is 14.3. The van der Waals surface area contributed by atoms with Crippen molar-refractivity contribution in [2.24, 2.45) is 4.99 Å². The minimum atomic E-state index is -1.20. The molecule has 0 aromatic carbocycles. The van der Waals surface area contributed by atoms with Crippen LogP contribution in [0.2, 0.25) is 0 Å². The van der Waals surface area contributed by atoms with Gasteiger partial charge in [0.2, 0.25) is 0 Å².